The van der Waals surface area contributed by atoms with Crippen molar-refractivity contribution in [2.24, 2.45) is 13.0 Å². The maximum absolute atomic E-state index is 6.26. The van der Waals surface area contributed by atoms with Gasteiger partial charge in [0, 0.05) is 32.3 Å². The van der Waals surface area contributed by atoms with Crippen molar-refractivity contribution < 1.29 is 4.74 Å². The van der Waals surface area contributed by atoms with Gasteiger partial charge in [-0.15, -0.1) is 5.10 Å². The van der Waals surface area contributed by atoms with Gasteiger partial charge in [0.15, 0.2) is 0 Å². The van der Waals surface area contributed by atoms with Crippen molar-refractivity contribution in [3.05, 3.63) is 11.9 Å². The number of nitrogens with one attached hydrogen (secondary N) is 1. The van der Waals surface area contributed by atoms with Crippen molar-refractivity contribution in [2.75, 3.05) is 13.7 Å². The lowest BCUT2D eigenvalue weighted by molar-refractivity contribution is -0.0989. The average Bonchev–Trinajstić information content (AvgIpc) is 2.82. The molecular formula is C15H28N4O. The monoisotopic (exact) mass is 280 g/mol. The van der Waals surface area contributed by atoms with E-state index in [9.17, 15) is 0 Å². The Bertz CT molecular complexity index is 416. The summed E-state index contributed by atoms with van der Waals surface area (Å²) in [5.41, 5.74) is 0.975. The summed E-state index contributed by atoms with van der Waals surface area (Å²) in [6.07, 6.45) is 7.70. The first-order chi connectivity index (χ1) is 9.59. The molecule has 1 aromatic rings. The fourth-order valence-electron chi connectivity index (χ4n) is 3.63. The minimum atomic E-state index is -0.0569. The topological polar surface area (TPSA) is 52.0 Å². The summed E-state index contributed by atoms with van der Waals surface area (Å²) in [5, 5.41) is 11.7. The number of nitrogens with zero attached hydrogens (tertiary/aromatic N) is 3. The van der Waals surface area contributed by atoms with Gasteiger partial charge < -0.3 is 10.1 Å². The molecule has 114 valence electrons. The fraction of sp³-hybridized carbons (Fsp3) is 0.867. The van der Waals surface area contributed by atoms with Crippen molar-refractivity contribution >= 4 is 0 Å². The quantitative estimate of drug-likeness (QED) is 0.865. The normalized spacial score (nSPS) is 28.5. The lowest BCUT2D eigenvalue weighted by Gasteiger charge is -2.45. The lowest BCUT2D eigenvalue weighted by Crippen LogP contribution is -2.55. The van der Waals surface area contributed by atoms with Gasteiger partial charge in [-0.2, -0.15) is 0 Å². The van der Waals surface area contributed by atoms with Crippen molar-refractivity contribution in [3.63, 3.8) is 0 Å². The van der Waals surface area contributed by atoms with Gasteiger partial charge in [0.05, 0.1) is 11.3 Å². The number of likely N-dealkylation sites (N-methyl/N-ethyl adjacent to an activating group) is 1. The maximum Gasteiger partial charge on any atom is 0.0843 e. The van der Waals surface area contributed by atoms with Gasteiger partial charge >= 0.3 is 0 Å². The fourth-order valence-corrected chi connectivity index (χ4v) is 3.63. The molecule has 1 saturated carbocycles. The van der Waals surface area contributed by atoms with Gasteiger partial charge in [-0.05, 0) is 32.7 Å². The van der Waals surface area contributed by atoms with E-state index in [-0.39, 0.29) is 5.60 Å². The zero-order chi connectivity index (χ0) is 14.6. The van der Waals surface area contributed by atoms with E-state index in [1.54, 1.807) is 4.68 Å². The van der Waals surface area contributed by atoms with Gasteiger partial charge in [0.25, 0.3) is 0 Å². The molecule has 1 fully saturated rings. The third-order valence-electron chi connectivity index (χ3n) is 4.47. The van der Waals surface area contributed by atoms with E-state index in [4.69, 9.17) is 4.74 Å². The maximum atomic E-state index is 6.26. The van der Waals surface area contributed by atoms with E-state index in [0.717, 1.165) is 37.5 Å². The smallest absolute Gasteiger partial charge is 0.0843 e. The predicted molar refractivity (Wildman–Crippen MR) is 79.5 cm³/mol. The van der Waals surface area contributed by atoms with Crippen molar-refractivity contribution in [1.29, 1.82) is 0 Å². The van der Waals surface area contributed by atoms with Crippen LogP contribution in [0.4, 0.5) is 0 Å². The zero-order valence-corrected chi connectivity index (χ0v) is 13.2. The van der Waals surface area contributed by atoms with Crippen LogP contribution in [0.25, 0.3) is 0 Å². The lowest BCUT2D eigenvalue weighted by atomic mass is 9.73. The molecule has 3 atom stereocenters. The Kier molecular flexibility index (Phi) is 5.16. The highest BCUT2D eigenvalue weighted by Crippen LogP contribution is 2.38. The van der Waals surface area contributed by atoms with Crippen LogP contribution in [-0.2, 0) is 18.2 Å². The Morgan fingerprint density at radius 1 is 1.60 bits per heavy atom. The summed E-state index contributed by atoms with van der Waals surface area (Å²) in [5.74, 6) is 0.730. The number of hydrogen-bond donors (Lipinski definition) is 1. The highest BCUT2D eigenvalue weighted by Gasteiger charge is 2.42. The molecule has 1 aliphatic carbocycles. The number of aryl methyl sites for hydroxylation is 1. The highest BCUT2D eigenvalue weighted by molar-refractivity contribution is 5.04. The molecule has 3 unspecified atom stereocenters. The van der Waals surface area contributed by atoms with Crippen LogP contribution in [0.3, 0.4) is 0 Å². The Morgan fingerprint density at radius 3 is 2.95 bits per heavy atom. The van der Waals surface area contributed by atoms with Crippen LogP contribution < -0.4 is 5.32 Å². The van der Waals surface area contributed by atoms with Crippen LogP contribution in [0.15, 0.2) is 6.20 Å². The van der Waals surface area contributed by atoms with E-state index in [2.05, 4.69) is 29.5 Å². The number of rotatable bonds is 6. The SMILES string of the molecule is CCOC1(C(Cc2cn(C)nn2)NC)CCCC(C)C1. The van der Waals surface area contributed by atoms with E-state index >= 15 is 0 Å². The minimum absolute atomic E-state index is 0.0569. The Balaban J connectivity index is 2.15. The number of ether oxygens (including phenoxy) is 1. The average molecular weight is 280 g/mol. The Morgan fingerprint density at radius 2 is 2.40 bits per heavy atom. The molecule has 0 radical (unpaired) electrons. The molecule has 0 amide bonds. The van der Waals surface area contributed by atoms with E-state index in [1.807, 2.05) is 20.3 Å². The summed E-state index contributed by atoms with van der Waals surface area (Å²) in [4.78, 5) is 0. The largest absolute Gasteiger partial charge is 0.374 e. The van der Waals surface area contributed by atoms with E-state index in [1.165, 1.54) is 12.8 Å². The van der Waals surface area contributed by atoms with E-state index in [0.29, 0.717) is 6.04 Å². The van der Waals surface area contributed by atoms with Gasteiger partial charge in [-0.3, -0.25) is 4.68 Å². The molecule has 2 rings (SSSR count). The minimum Gasteiger partial charge on any atom is -0.374 e. The molecule has 0 aliphatic heterocycles. The summed E-state index contributed by atoms with van der Waals surface area (Å²) in [6, 6.07) is 0.293. The van der Waals surface area contributed by atoms with Gasteiger partial charge in [0.2, 0.25) is 0 Å². The van der Waals surface area contributed by atoms with Crippen LogP contribution in [0, 0.1) is 5.92 Å². The van der Waals surface area contributed by atoms with Crippen molar-refractivity contribution in [2.45, 2.75) is 57.6 Å². The molecule has 5 nitrogen and oxygen atoms in total. The third-order valence-corrected chi connectivity index (χ3v) is 4.47. The van der Waals surface area contributed by atoms with Crippen LogP contribution in [-0.4, -0.2) is 40.3 Å². The first-order valence-corrected chi connectivity index (χ1v) is 7.76. The second kappa shape index (κ2) is 6.68. The molecule has 1 heterocycles. The van der Waals surface area contributed by atoms with Gasteiger partial charge in [-0.25, -0.2) is 0 Å². The molecule has 0 spiro atoms. The summed E-state index contributed by atoms with van der Waals surface area (Å²) in [7, 11) is 3.94. The van der Waals surface area contributed by atoms with E-state index < -0.39 is 0 Å². The predicted octanol–water partition coefficient (Wildman–Crippen LogP) is 1.93. The first-order valence-electron chi connectivity index (χ1n) is 7.76. The first kappa shape index (κ1) is 15.4. The highest BCUT2D eigenvalue weighted by atomic mass is 16.5. The standard InChI is InChI=1S/C15H28N4O/c1-5-20-15(8-6-7-12(2)10-15)14(16-3)9-13-11-19(4)18-17-13/h11-12,14,16H,5-10H2,1-4H3. The van der Waals surface area contributed by atoms with Crippen LogP contribution in [0.5, 0.6) is 0 Å². The zero-order valence-electron chi connectivity index (χ0n) is 13.2. The molecule has 0 aromatic carbocycles. The third kappa shape index (κ3) is 3.38. The molecule has 0 bridgehead atoms. The van der Waals surface area contributed by atoms with Gasteiger partial charge in [-0.1, -0.05) is 25.0 Å². The molecular weight excluding hydrogens is 252 g/mol. The van der Waals surface area contributed by atoms with Crippen molar-refractivity contribution in [3.8, 4) is 0 Å². The summed E-state index contributed by atoms with van der Waals surface area (Å²) >= 11 is 0. The molecule has 1 N–H and O–H groups in total. The molecule has 20 heavy (non-hydrogen) atoms. The molecule has 1 aliphatic rings. The summed E-state index contributed by atoms with van der Waals surface area (Å²) < 4.78 is 8.02. The number of hydrogen-bond acceptors (Lipinski definition) is 4. The number of aromatic nitrogens is 3. The van der Waals surface area contributed by atoms with Gasteiger partial charge in [0.1, 0.15) is 0 Å². The molecule has 5 heteroatoms. The summed E-state index contributed by atoms with van der Waals surface area (Å²) in [6.45, 7) is 5.20. The molecule has 1 aromatic heterocycles. The van der Waals surface area contributed by atoms with Crippen molar-refractivity contribution in [1.82, 2.24) is 20.3 Å². The second-order valence-electron chi connectivity index (χ2n) is 6.13. The van der Waals surface area contributed by atoms with Crippen LogP contribution >= 0.6 is 0 Å². The van der Waals surface area contributed by atoms with Crippen LogP contribution in [0.2, 0.25) is 0 Å². The Hall–Kier alpha value is -0.940. The molecule has 0 saturated heterocycles. The van der Waals surface area contributed by atoms with Crippen LogP contribution in [0.1, 0.15) is 45.2 Å². The Labute approximate surface area is 122 Å². The second-order valence-corrected chi connectivity index (χ2v) is 6.13.